The van der Waals surface area contributed by atoms with E-state index in [9.17, 15) is 9.59 Å². The van der Waals surface area contributed by atoms with E-state index in [1.807, 2.05) is 13.0 Å². The molecule has 0 bridgehead atoms. The van der Waals surface area contributed by atoms with Gasteiger partial charge in [-0.3, -0.25) is 14.3 Å². The number of aromatic nitrogens is 2. The van der Waals surface area contributed by atoms with Crippen molar-refractivity contribution in [2.75, 3.05) is 0 Å². The fourth-order valence-corrected chi connectivity index (χ4v) is 2.84. The second kappa shape index (κ2) is 8.67. The van der Waals surface area contributed by atoms with Crippen LogP contribution in [0.1, 0.15) is 36.7 Å². The highest BCUT2D eigenvalue weighted by molar-refractivity contribution is 6.31. The molecule has 1 heterocycles. The van der Waals surface area contributed by atoms with Gasteiger partial charge in [-0.25, -0.2) is 0 Å². The molecule has 0 fully saturated rings. The highest BCUT2D eigenvalue weighted by Crippen LogP contribution is 2.22. The van der Waals surface area contributed by atoms with Gasteiger partial charge in [-0.15, -0.1) is 0 Å². The van der Waals surface area contributed by atoms with Gasteiger partial charge in [-0.2, -0.15) is 5.10 Å². The zero-order valence-corrected chi connectivity index (χ0v) is 15.8. The minimum Gasteiger partial charge on any atom is -0.368 e. The molecule has 1 unspecified atom stereocenters. The fraction of sp³-hybridized carbons (Fsp3) is 0.316. The monoisotopic (exact) mass is 374 g/mol. The molecule has 0 saturated carbocycles. The molecule has 0 aliphatic heterocycles. The number of nitrogens with one attached hydrogen (secondary N) is 1. The molecule has 26 heavy (non-hydrogen) atoms. The van der Waals surface area contributed by atoms with Crippen molar-refractivity contribution in [3.63, 3.8) is 0 Å². The second-order valence-corrected chi connectivity index (χ2v) is 6.81. The van der Waals surface area contributed by atoms with Crippen molar-refractivity contribution in [1.29, 1.82) is 0 Å². The summed E-state index contributed by atoms with van der Waals surface area (Å²) in [4.78, 5) is 23.9. The lowest BCUT2D eigenvalue weighted by Crippen LogP contribution is -2.36. The molecule has 0 saturated heterocycles. The average Bonchev–Trinajstić information content (AvgIpc) is 2.84. The smallest absolute Gasteiger partial charge is 0.244 e. The van der Waals surface area contributed by atoms with Crippen molar-refractivity contribution in [2.45, 2.75) is 33.4 Å². The number of carbonyl (C=O) groups excluding carboxylic acids is 2. The summed E-state index contributed by atoms with van der Waals surface area (Å²) in [6.45, 7) is 6.67. The van der Waals surface area contributed by atoms with Gasteiger partial charge in [0.1, 0.15) is 11.2 Å². The summed E-state index contributed by atoms with van der Waals surface area (Å²) in [7, 11) is 0. The Balaban J connectivity index is 2.14. The molecule has 6 nitrogen and oxygen atoms in total. The Hall–Kier alpha value is -2.60. The molecule has 0 aliphatic carbocycles. The molecular weight excluding hydrogens is 352 g/mol. The summed E-state index contributed by atoms with van der Waals surface area (Å²) in [5.74, 6) is -0.671. The van der Waals surface area contributed by atoms with Gasteiger partial charge in [0.2, 0.25) is 11.8 Å². The topological polar surface area (TPSA) is 90.0 Å². The predicted octanol–water partition coefficient (Wildman–Crippen LogP) is 2.86. The molecule has 0 radical (unpaired) electrons. The number of rotatable bonds is 7. The Morgan fingerprint density at radius 1 is 1.31 bits per heavy atom. The lowest BCUT2D eigenvalue weighted by molar-refractivity contribution is -0.125. The van der Waals surface area contributed by atoms with E-state index in [0.29, 0.717) is 28.7 Å². The molecule has 1 atom stereocenters. The fourth-order valence-electron chi connectivity index (χ4n) is 2.54. The number of carbonyl (C=O) groups is 2. The lowest BCUT2D eigenvalue weighted by atomic mass is 10.1. The van der Waals surface area contributed by atoms with E-state index in [-0.39, 0.29) is 0 Å². The summed E-state index contributed by atoms with van der Waals surface area (Å²) in [6, 6.07) is 7.95. The summed E-state index contributed by atoms with van der Waals surface area (Å²) >= 11 is 6.35. The number of benzene rings is 1. The van der Waals surface area contributed by atoms with Crippen LogP contribution in [0.4, 0.5) is 0 Å². The molecular formula is C19H23ClN4O2. The SMILES string of the molecule is Cc1nn(CC(C)C)c(Cl)c1/C=C/C(=O)NC(C(N)=O)c1ccccc1. The van der Waals surface area contributed by atoms with Crippen LogP contribution in [0.25, 0.3) is 6.08 Å². The Labute approximate surface area is 158 Å². The first-order valence-electron chi connectivity index (χ1n) is 8.35. The van der Waals surface area contributed by atoms with Crippen LogP contribution < -0.4 is 11.1 Å². The minimum absolute atomic E-state index is 0.397. The van der Waals surface area contributed by atoms with E-state index in [4.69, 9.17) is 17.3 Å². The van der Waals surface area contributed by atoms with Crippen molar-refractivity contribution >= 4 is 29.5 Å². The maximum absolute atomic E-state index is 12.2. The molecule has 1 aromatic heterocycles. The van der Waals surface area contributed by atoms with E-state index in [1.165, 1.54) is 6.08 Å². The van der Waals surface area contributed by atoms with Gasteiger partial charge < -0.3 is 11.1 Å². The minimum atomic E-state index is -0.895. The van der Waals surface area contributed by atoms with Crippen molar-refractivity contribution in [2.24, 2.45) is 11.7 Å². The van der Waals surface area contributed by atoms with E-state index in [2.05, 4.69) is 24.3 Å². The van der Waals surface area contributed by atoms with Gasteiger partial charge in [-0.05, 0) is 24.5 Å². The van der Waals surface area contributed by atoms with Crippen LogP contribution >= 0.6 is 11.6 Å². The Kier molecular flexibility index (Phi) is 6.58. The number of aryl methyl sites for hydroxylation is 1. The summed E-state index contributed by atoms with van der Waals surface area (Å²) < 4.78 is 1.72. The van der Waals surface area contributed by atoms with Crippen molar-refractivity contribution in [3.05, 3.63) is 58.4 Å². The number of hydrogen-bond donors (Lipinski definition) is 2. The van der Waals surface area contributed by atoms with Gasteiger partial charge in [0, 0.05) is 18.2 Å². The van der Waals surface area contributed by atoms with Crippen molar-refractivity contribution < 1.29 is 9.59 Å². The Morgan fingerprint density at radius 3 is 2.54 bits per heavy atom. The Morgan fingerprint density at radius 2 is 1.96 bits per heavy atom. The third kappa shape index (κ3) is 4.95. The van der Waals surface area contributed by atoms with Crippen LogP contribution in [0.15, 0.2) is 36.4 Å². The van der Waals surface area contributed by atoms with Gasteiger partial charge >= 0.3 is 0 Å². The number of amides is 2. The number of nitrogens with two attached hydrogens (primary N) is 1. The first kappa shape index (κ1) is 19.7. The molecule has 2 amide bonds. The van der Waals surface area contributed by atoms with Crippen LogP contribution in [0, 0.1) is 12.8 Å². The second-order valence-electron chi connectivity index (χ2n) is 6.45. The van der Waals surface area contributed by atoms with E-state index < -0.39 is 17.9 Å². The quantitative estimate of drug-likeness (QED) is 0.730. The highest BCUT2D eigenvalue weighted by Gasteiger charge is 2.19. The van der Waals surface area contributed by atoms with Crippen LogP contribution in [0.5, 0.6) is 0 Å². The molecule has 7 heteroatoms. The van der Waals surface area contributed by atoms with Crippen molar-refractivity contribution in [1.82, 2.24) is 15.1 Å². The van der Waals surface area contributed by atoms with Crippen LogP contribution in [-0.4, -0.2) is 21.6 Å². The van der Waals surface area contributed by atoms with Gasteiger partial charge in [0.05, 0.1) is 5.69 Å². The van der Waals surface area contributed by atoms with E-state index in [0.717, 1.165) is 5.69 Å². The molecule has 0 aliphatic rings. The van der Waals surface area contributed by atoms with Crippen LogP contribution in [0.3, 0.4) is 0 Å². The van der Waals surface area contributed by atoms with E-state index in [1.54, 1.807) is 35.0 Å². The molecule has 3 N–H and O–H groups in total. The molecule has 0 spiro atoms. The average molecular weight is 375 g/mol. The first-order valence-corrected chi connectivity index (χ1v) is 8.73. The number of nitrogens with zero attached hydrogens (tertiary/aromatic N) is 2. The summed E-state index contributed by atoms with van der Waals surface area (Å²) in [5, 5.41) is 7.48. The maximum Gasteiger partial charge on any atom is 0.244 e. The van der Waals surface area contributed by atoms with Crippen LogP contribution in [-0.2, 0) is 16.1 Å². The maximum atomic E-state index is 12.2. The Bertz CT molecular complexity index is 812. The van der Waals surface area contributed by atoms with Crippen LogP contribution in [0.2, 0.25) is 5.15 Å². The number of hydrogen-bond acceptors (Lipinski definition) is 3. The van der Waals surface area contributed by atoms with Gasteiger partial charge in [0.25, 0.3) is 0 Å². The third-order valence-electron chi connectivity index (χ3n) is 3.75. The van der Waals surface area contributed by atoms with Gasteiger partial charge in [0.15, 0.2) is 0 Å². The normalized spacial score (nSPS) is 12.5. The zero-order valence-electron chi connectivity index (χ0n) is 15.1. The molecule has 2 rings (SSSR count). The van der Waals surface area contributed by atoms with Gasteiger partial charge in [-0.1, -0.05) is 55.8 Å². The standard InChI is InChI=1S/C19H23ClN4O2/c1-12(2)11-24-18(20)15(13(3)23-24)9-10-16(25)22-17(19(21)26)14-7-5-4-6-8-14/h4-10,12,17H,11H2,1-3H3,(H2,21,26)(H,22,25)/b10-9+. The lowest BCUT2D eigenvalue weighted by Gasteiger charge is -2.14. The zero-order chi connectivity index (χ0) is 19.3. The van der Waals surface area contributed by atoms with Crippen molar-refractivity contribution in [3.8, 4) is 0 Å². The number of primary amides is 1. The third-order valence-corrected chi connectivity index (χ3v) is 4.15. The molecule has 1 aromatic carbocycles. The molecule has 138 valence electrons. The largest absolute Gasteiger partial charge is 0.368 e. The number of halogens is 1. The summed E-state index contributed by atoms with van der Waals surface area (Å²) in [6.07, 6.45) is 2.92. The highest BCUT2D eigenvalue weighted by atomic mass is 35.5. The molecule has 2 aromatic rings. The first-order chi connectivity index (χ1) is 12.3. The predicted molar refractivity (Wildman–Crippen MR) is 102 cm³/mol. The van der Waals surface area contributed by atoms with E-state index >= 15 is 0 Å². The summed E-state index contributed by atoms with van der Waals surface area (Å²) in [5.41, 5.74) is 7.44.